The number of H-pyrrole nitrogens is 1. The molecule has 1 N–H and O–H groups in total. The lowest BCUT2D eigenvalue weighted by molar-refractivity contribution is 0.545. The Bertz CT molecular complexity index is 516. The summed E-state index contributed by atoms with van der Waals surface area (Å²) in [7, 11) is 0. The zero-order chi connectivity index (χ0) is 10.3. The van der Waals surface area contributed by atoms with Crippen LogP contribution in [0.1, 0.15) is 26.5 Å². The first-order chi connectivity index (χ1) is 6.48. The predicted octanol–water partition coefficient (Wildman–Crippen LogP) is 1.32. The van der Waals surface area contributed by atoms with E-state index < -0.39 is 0 Å². The van der Waals surface area contributed by atoms with Gasteiger partial charge in [-0.05, 0) is 0 Å². The molecule has 0 fully saturated rings. The quantitative estimate of drug-likeness (QED) is 0.682. The second-order valence-corrected chi connectivity index (χ2v) is 4.40. The van der Waals surface area contributed by atoms with Gasteiger partial charge in [0.2, 0.25) is 0 Å². The van der Waals surface area contributed by atoms with Crippen molar-refractivity contribution in [2.45, 2.75) is 26.2 Å². The largest absolute Gasteiger partial charge is 0.307 e. The van der Waals surface area contributed by atoms with E-state index >= 15 is 0 Å². The molecule has 0 spiro atoms. The minimum absolute atomic E-state index is 0.0806. The summed E-state index contributed by atoms with van der Waals surface area (Å²) in [5.41, 5.74) is 1.49. The zero-order valence-corrected chi connectivity index (χ0v) is 8.53. The van der Waals surface area contributed by atoms with Crippen LogP contribution in [0.15, 0.2) is 23.1 Å². The number of rotatable bonds is 0. The summed E-state index contributed by atoms with van der Waals surface area (Å²) in [6, 6.07) is 3.39. The number of fused-ring (bicyclic) bond motifs is 1. The van der Waals surface area contributed by atoms with E-state index in [-0.39, 0.29) is 11.0 Å². The molecule has 4 nitrogen and oxygen atoms in total. The maximum absolute atomic E-state index is 11.4. The van der Waals surface area contributed by atoms with Crippen LogP contribution in [-0.4, -0.2) is 14.6 Å². The summed E-state index contributed by atoms with van der Waals surface area (Å²) in [5, 5.41) is 4.17. The summed E-state index contributed by atoms with van der Waals surface area (Å²) in [6.07, 6.45) is 1.68. The Morgan fingerprint density at radius 3 is 2.79 bits per heavy atom. The van der Waals surface area contributed by atoms with E-state index in [0.29, 0.717) is 0 Å². The van der Waals surface area contributed by atoms with Gasteiger partial charge < -0.3 is 4.98 Å². The van der Waals surface area contributed by atoms with Crippen LogP contribution < -0.4 is 5.56 Å². The van der Waals surface area contributed by atoms with E-state index in [9.17, 15) is 4.79 Å². The van der Waals surface area contributed by atoms with Crippen molar-refractivity contribution in [2.75, 3.05) is 0 Å². The van der Waals surface area contributed by atoms with Gasteiger partial charge in [-0.15, -0.1) is 0 Å². The van der Waals surface area contributed by atoms with Crippen molar-refractivity contribution in [3.05, 3.63) is 34.4 Å². The molecule has 74 valence electrons. The van der Waals surface area contributed by atoms with Crippen LogP contribution in [0.2, 0.25) is 0 Å². The molecule has 0 aliphatic heterocycles. The van der Waals surface area contributed by atoms with Gasteiger partial charge in [-0.2, -0.15) is 5.10 Å². The van der Waals surface area contributed by atoms with Gasteiger partial charge in [0.15, 0.2) is 0 Å². The fraction of sp³-hybridized carbons (Fsp3) is 0.400. The van der Waals surface area contributed by atoms with Gasteiger partial charge >= 0.3 is 0 Å². The van der Waals surface area contributed by atoms with Crippen molar-refractivity contribution < 1.29 is 0 Å². The smallest absolute Gasteiger partial charge is 0.251 e. The van der Waals surface area contributed by atoms with E-state index in [1.807, 2.05) is 0 Å². The highest BCUT2D eigenvalue weighted by atomic mass is 16.1. The van der Waals surface area contributed by atoms with Crippen molar-refractivity contribution in [3.63, 3.8) is 0 Å². The lowest BCUT2D eigenvalue weighted by Crippen LogP contribution is -2.21. The van der Waals surface area contributed by atoms with Crippen LogP contribution in [0.3, 0.4) is 0 Å². The van der Waals surface area contributed by atoms with E-state index in [1.165, 1.54) is 0 Å². The third-order valence-corrected chi connectivity index (χ3v) is 2.16. The summed E-state index contributed by atoms with van der Waals surface area (Å²) < 4.78 is 1.77. The van der Waals surface area contributed by atoms with Crippen molar-refractivity contribution in [3.8, 4) is 0 Å². The molecule has 0 aromatic carbocycles. The van der Waals surface area contributed by atoms with Crippen molar-refractivity contribution >= 4 is 5.65 Å². The Morgan fingerprint density at radius 2 is 2.14 bits per heavy atom. The highest BCUT2D eigenvalue weighted by Gasteiger charge is 2.18. The fourth-order valence-corrected chi connectivity index (χ4v) is 1.47. The molecule has 0 saturated heterocycles. The van der Waals surface area contributed by atoms with Crippen LogP contribution in [0.25, 0.3) is 5.65 Å². The number of aromatic amines is 1. The first kappa shape index (κ1) is 8.99. The van der Waals surface area contributed by atoms with Crippen molar-refractivity contribution in [2.24, 2.45) is 0 Å². The highest BCUT2D eigenvalue weighted by molar-refractivity contribution is 5.38. The van der Waals surface area contributed by atoms with Crippen LogP contribution in [0.4, 0.5) is 0 Å². The van der Waals surface area contributed by atoms with Crippen molar-refractivity contribution in [1.82, 2.24) is 14.6 Å². The zero-order valence-electron chi connectivity index (χ0n) is 8.53. The van der Waals surface area contributed by atoms with Crippen LogP contribution in [0, 0.1) is 0 Å². The van der Waals surface area contributed by atoms with E-state index in [1.54, 1.807) is 22.8 Å². The Labute approximate surface area is 81.6 Å². The molecule has 0 amide bonds. The molecular weight excluding hydrogens is 178 g/mol. The molecule has 0 bridgehead atoms. The van der Waals surface area contributed by atoms with Gasteiger partial charge in [0.05, 0.1) is 11.9 Å². The molecule has 2 heterocycles. The SMILES string of the molecule is CC(C)(C)c1cc(=O)[nH]c2ccnn12. The van der Waals surface area contributed by atoms with E-state index in [4.69, 9.17) is 0 Å². The Kier molecular flexibility index (Phi) is 1.74. The number of nitrogens with zero attached hydrogens (tertiary/aromatic N) is 2. The highest BCUT2D eigenvalue weighted by Crippen LogP contribution is 2.20. The third kappa shape index (κ3) is 1.32. The summed E-state index contributed by atoms with van der Waals surface area (Å²) >= 11 is 0. The first-order valence-electron chi connectivity index (χ1n) is 4.56. The molecule has 2 rings (SSSR count). The van der Waals surface area contributed by atoms with Crippen molar-refractivity contribution in [1.29, 1.82) is 0 Å². The molecule has 0 saturated carbocycles. The molecule has 2 aromatic heterocycles. The average molecular weight is 191 g/mol. The number of hydrogen-bond acceptors (Lipinski definition) is 2. The van der Waals surface area contributed by atoms with Gasteiger partial charge in [-0.1, -0.05) is 20.8 Å². The molecular formula is C10H13N3O. The van der Waals surface area contributed by atoms with Gasteiger partial charge in [-0.3, -0.25) is 4.79 Å². The molecule has 14 heavy (non-hydrogen) atoms. The second-order valence-electron chi connectivity index (χ2n) is 4.40. The molecule has 4 heteroatoms. The van der Waals surface area contributed by atoms with Gasteiger partial charge in [-0.25, -0.2) is 4.52 Å². The summed E-state index contributed by atoms with van der Waals surface area (Å²) in [6.45, 7) is 6.18. The van der Waals surface area contributed by atoms with Gasteiger partial charge in [0.1, 0.15) is 5.65 Å². The molecule has 2 aromatic rings. The number of aromatic nitrogens is 3. The van der Waals surface area contributed by atoms with E-state index in [0.717, 1.165) is 11.3 Å². The average Bonchev–Trinajstić information content (AvgIpc) is 2.47. The lowest BCUT2D eigenvalue weighted by atomic mass is 9.92. The number of nitrogens with one attached hydrogen (secondary N) is 1. The van der Waals surface area contributed by atoms with Gasteiger partial charge in [0, 0.05) is 17.5 Å². The van der Waals surface area contributed by atoms with Crippen LogP contribution in [0.5, 0.6) is 0 Å². The third-order valence-electron chi connectivity index (χ3n) is 2.16. The minimum Gasteiger partial charge on any atom is -0.307 e. The molecule has 0 atom stereocenters. The predicted molar refractivity (Wildman–Crippen MR) is 54.5 cm³/mol. The fourth-order valence-electron chi connectivity index (χ4n) is 1.47. The van der Waals surface area contributed by atoms with Gasteiger partial charge in [0.25, 0.3) is 5.56 Å². The second kappa shape index (κ2) is 2.70. The first-order valence-corrected chi connectivity index (χ1v) is 4.56. The topological polar surface area (TPSA) is 50.2 Å². The number of hydrogen-bond donors (Lipinski definition) is 1. The molecule has 0 unspecified atom stereocenters. The maximum atomic E-state index is 11.4. The molecule has 0 radical (unpaired) electrons. The summed E-state index contributed by atoms with van der Waals surface area (Å²) in [4.78, 5) is 14.1. The minimum atomic E-state index is -0.0848. The maximum Gasteiger partial charge on any atom is 0.251 e. The van der Waals surface area contributed by atoms with Crippen LogP contribution >= 0.6 is 0 Å². The standard InChI is InChI=1S/C10H13N3O/c1-10(2,3)7-6-9(14)12-8-4-5-11-13(7)8/h4-6H,1-3H3,(H,12,14). The lowest BCUT2D eigenvalue weighted by Gasteiger charge is -2.19. The summed E-state index contributed by atoms with van der Waals surface area (Å²) in [5.74, 6) is 0. The Morgan fingerprint density at radius 1 is 1.43 bits per heavy atom. The molecule has 0 aliphatic carbocycles. The van der Waals surface area contributed by atoms with E-state index in [2.05, 4.69) is 30.9 Å². The normalized spacial score (nSPS) is 12.2. The Hall–Kier alpha value is -1.58. The molecule has 0 aliphatic rings. The van der Waals surface area contributed by atoms with Crippen LogP contribution in [-0.2, 0) is 5.41 Å². The Balaban J connectivity index is 2.87. The monoisotopic (exact) mass is 191 g/mol.